The van der Waals surface area contributed by atoms with Gasteiger partial charge in [-0.25, -0.2) is 4.98 Å². The molecule has 0 radical (unpaired) electrons. The van der Waals surface area contributed by atoms with E-state index >= 15 is 0 Å². The number of aromatic nitrogens is 2. The number of nitrogens with zero attached hydrogens (tertiary/aromatic N) is 2. The van der Waals surface area contributed by atoms with Crippen LogP contribution in [0, 0.1) is 0 Å². The number of thiazole rings is 1. The molecule has 1 amide bonds. The number of anilines is 2. The highest BCUT2D eigenvalue weighted by Crippen LogP contribution is 2.23. The summed E-state index contributed by atoms with van der Waals surface area (Å²) in [6.07, 6.45) is 3.98. The van der Waals surface area contributed by atoms with Gasteiger partial charge in [0.1, 0.15) is 0 Å². The van der Waals surface area contributed by atoms with Gasteiger partial charge in [-0.05, 0) is 24.3 Å². The standard InChI is InChI=1S/C19H15ClN4OS/c20-15-3-1-2-4-16(15)21-11-18(25)22-14-7-5-13(6-8-14)17-12-24-9-10-26-19(24)23-17/h1-10,12,21H,11H2,(H,22,25). The van der Waals surface area contributed by atoms with E-state index in [1.807, 2.05) is 64.6 Å². The van der Waals surface area contributed by atoms with Crippen LogP contribution in [0.15, 0.2) is 66.3 Å². The average Bonchev–Trinajstić information content (AvgIpc) is 3.24. The summed E-state index contributed by atoms with van der Waals surface area (Å²) in [5, 5.41) is 8.48. The predicted molar refractivity (Wildman–Crippen MR) is 107 cm³/mol. The number of fused-ring (bicyclic) bond motifs is 1. The molecule has 130 valence electrons. The molecule has 0 aliphatic heterocycles. The SMILES string of the molecule is O=C(CNc1ccccc1Cl)Nc1ccc(-c2cn3ccsc3n2)cc1. The largest absolute Gasteiger partial charge is 0.375 e. The Bertz CT molecular complexity index is 1030. The lowest BCUT2D eigenvalue weighted by molar-refractivity contribution is -0.114. The van der Waals surface area contributed by atoms with Crippen LogP contribution in [-0.2, 0) is 4.79 Å². The number of halogens is 1. The molecule has 2 N–H and O–H groups in total. The molecule has 4 aromatic rings. The van der Waals surface area contributed by atoms with Crippen molar-refractivity contribution in [3.05, 3.63) is 71.3 Å². The van der Waals surface area contributed by atoms with Crippen LogP contribution in [0.1, 0.15) is 0 Å². The fourth-order valence-electron chi connectivity index (χ4n) is 2.58. The number of para-hydroxylation sites is 1. The lowest BCUT2D eigenvalue weighted by Crippen LogP contribution is -2.21. The molecule has 0 saturated carbocycles. The van der Waals surface area contributed by atoms with E-state index in [1.54, 1.807) is 17.4 Å². The van der Waals surface area contributed by atoms with Crippen LogP contribution < -0.4 is 10.6 Å². The maximum absolute atomic E-state index is 12.1. The van der Waals surface area contributed by atoms with Crippen LogP contribution in [0.25, 0.3) is 16.2 Å². The van der Waals surface area contributed by atoms with Gasteiger partial charge in [-0.15, -0.1) is 11.3 Å². The first-order valence-corrected chi connectivity index (χ1v) is 9.26. The molecule has 0 bridgehead atoms. The summed E-state index contributed by atoms with van der Waals surface area (Å²) < 4.78 is 2.00. The molecule has 0 unspecified atom stereocenters. The van der Waals surface area contributed by atoms with Crippen molar-refractivity contribution in [2.45, 2.75) is 0 Å². The number of amides is 1. The highest BCUT2D eigenvalue weighted by Gasteiger charge is 2.07. The zero-order valence-electron chi connectivity index (χ0n) is 13.6. The van der Waals surface area contributed by atoms with E-state index in [2.05, 4.69) is 15.6 Å². The number of hydrogen-bond acceptors (Lipinski definition) is 4. The van der Waals surface area contributed by atoms with Gasteiger partial charge >= 0.3 is 0 Å². The smallest absolute Gasteiger partial charge is 0.243 e. The van der Waals surface area contributed by atoms with E-state index in [1.165, 1.54) is 0 Å². The molecule has 0 aliphatic rings. The molecule has 0 saturated heterocycles. The molecule has 4 rings (SSSR count). The Hall–Kier alpha value is -2.83. The van der Waals surface area contributed by atoms with Gasteiger partial charge in [0, 0.05) is 29.0 Å². The number of carbonyl (C=O) groups is 1. The number of hydrogen-bond donors (Lipinski definition) is 2. The molecular weight excluding hydrogens is 368 g/mol. The maximum atomic E-state index is 12.1. The number of carbonyl (C=O) groups excluding carboxylic acids is 1. The Kier molecular flexibility index (Phi) is 4.60. The van der Waals surface area contributed by atoms with Crippen molar-refractivity contribution in [2.75, 3.05) is 17.2 Å². The number of rotatable bonds is 5. The number of benzene rings is 2. The van der Waals surface area contributed by atoms with Gasteiger partial charge in [-0.3, -0.25) is 9.20 Å². The van der Waals surface area contributed by atoms with E-state index in [-0.39, 0.29) is 12.5 Å². The van der Waals surface area contributed by atoms with Crippen molar-refractivity contribution in [1.29, 1.82) is 0 Å². The quantitative estimate of drug-likeness (QED) is 0.523. The lowest BCUT2D eigenvalue weighted by Gasteiger charge is -2.09. The summed E-state index contributed by atoms with van der Waals surface area (Å²) in [7, 11) is 0. The summed E-state index contributed by atoms with van der Waals surface area (Å²) in [6, 6.07) is 15.0. The molecule has 26 heavy (non-hydrogen) atoms. The van der Waals surface area contributed by atoms with Crippen LogP contribution in [0.2, 0.25) is 5.02 Å². The lowest BCUT2D eigenvalue weighted by atomic mass is 10.1. The summed E-state index contributed by atoms with van der Waals surface area (Å²) in [5.41, 5.74) is 3.39. The third kappa shape index (κ3) is 3.56. The normalized spacial score (nSPS) is 10.8. The molecule has 2 aromatic carbocycles. The van der Waals surface area contributed by atoms with Gasteiger partial charge in [0.15, 0.2) is 4.96 Å². The van der Waals surface area contributed by atoms with Crippen molar-refractivity contribution in [1.82, 2.24) is 9.38 Å². The number of nitrogens with one attached hydrogen (secondary N) is 2. The van der Waals surface area contributed by atoms with Crippen molar-refractivity contribution < 1.29 is 4.79 Å². The minimum absolute atomic E-state index is 0.139. The van der Waals surface area contributed by atoms with Gasteiger partial charge in [-0.2, -0.15) is 0 Å². The monoisotopic (exact) mass is 382 g/mol. The first-order chi connectivity index (χ1) is 12.7. The number of imidazole rings is 1. The minimum atomic E-state index is -0.139. The van der Waals surface area contributed by atoms with Crippen LogP contribution in [-0.4, -0.2) is 21.8 Å². The molecule has 2 aromatic heterocycles. The third-order valence-corrected chi connectivity index (χ3v) is 4.97. The first-order valence-electron chi connectivity index (χ1n) is 8.00. The Morgan fingerprint density at radius 1 is 1.15 bits per heavy atom. The fourth-order valence-corrected chi connectivity index (χ4v) is 3.48. The molecule has 2 heterocycles. The molecule has 0 spiro atoms. The van der Waals surface area contributed by atoms with Crippen LogP contribution in [0.5, 0.6) is 0 Å². The second-order valence-electron chi connectivity index (χ2n) is 5.68. The van der Waals surface area contributed by atoms with Gasteiger partial charge in [-0.1, -0.05) is 35.9 Å². The molecule has 0 fully saturated rings. The summed E-state index contributed by atoms with van der Waals surface area (Å²) in [4.78, 5) is 17.6. The third-order valence-electron chi connectivity index (χ3n) is 3.87. The van der Waals surface area contributed by atoms with Crippen molar-refractivity contribution in [2.24, 2.45) is 0 Å². The van der Waals surface area contributed by atoms with E-state index < -0.39 is 0 Å². The fraction of sp³-hybridized carbons (Fsp3) is 0.0526. The second kappa shape index (κ2) is 7.19. The van der Waals surface area contributed by atoms with Crippen molar-refractivity contribution in [3.63, 3.8) is 0 Å². The summed E-state index contributed by atoms with van der Waals surface area (Å²) >= 11 is 7.66. The first kappa shape index (κ1) is 16.6. The Labute approximate surface area is 159 Å². The predicted octanol–water partition coefficient (Wildman–Crippen LogP) is 4.77. The second-order valence-corrected chi connectivity index (χ2v) is 6.96. The van der Waals surface area contributed by atoms with Gasteiger partial charge in [0.25, 0.3) is 0 Å². The molecule has 0 atom stereocenters. The highest BCUT2D eigenvalue weighted by atomic mass is 35.5. The summed E-state index contributed by atoms with van der Waals surface area (Å²) in [5.74, 6) is -0.139. The Balaban J connectivity index is 1.38. The van der Waals surface area contributed by atoms with Gasteiger partial charge in [0.05, 0.1) is 22.9 Å². The Morgan fingerprint density at radius 2 is 1.96 bits per heavy atom. The topological polar surface area (TPSA) is 58.4 Å². The molecule has 5 nitrogen and oxygen atoms in total. The van der Waals surface area contributed by atoms with Crippen LogP contribution in [0.4, 0.5) is 11.4 Å². The maximum Gasteiger partial charge on any atom is 0.243 e. The average molecular weight is 383 g/mol. The van der Waals surface area contributed by atoms with E-state index in [4.69, 9.17) is 11.6 Å². The van der Waals surface area contributed by atoms with E-state index in [0.29, 0.717) is 5.02 Å². The van der Waals surface area contributed by atoms with Crippen LogP contribution in [0.3, 0.4) is 0 Å². The molecule has 0 aliphatic carbocycles. The van der Waals surface area contributed by atoms with Crippen molar-refractivity contribution >= 4 is 45.2 Å². The zero-order chi connectivity index (χ0) is 17.9. The van der Waals surface area contributed by atoms with Crippen molar-refractivity contribution in [3.8, 4) is 11.3 Å². The minimum Gasteiger partial charge on any atom is -0.375 e. The molecule has 7 heteroatoms. The molecular formula is C19H15ClN4OS. The van der Waals surface area contributed by atoms with E-state index in [9.17, 15) is 4.79 Å². The van der Waals surface area contributed by atoms with Crippen LogP contribution >= 0.6 is 22.9 Å². The van der Waals surface area contributed by atoms with E-state index in [0.717, 1.165) is 27.6 Å². The summed E-state index contributed by atoms with van der Waals surface area (Å²) in [6.45, 7) is 0.142. The van der Waals surface area contributed by atoms with Gasteiger partial charge < -0.3 is 10.6 Å². The van der Waals surface area contributed by atoms with Gasteiger partial charge in [0.2, 0.25) is 5.91 Å². The zero-order valence-corrected chi connectivity index (χ0v) is 15.2. The highest BCUT2D eigenvalue weighted by molar-refractivity contribution is 7.15. The Morgan fingerprint density at radius 3 is 2.73 bits per heavy atom.